The number of fused-ring (bicyclic) bond motifs is 1. The number of para-hydroxylation sites is 1. The minimum atomic E-state index is -0.811. The minimum absolute atomic E-state index is 0.137. The molecule has 29 heavy (non-hydrogen) atoms. The summed E-state index contributed by atoms with van der Waals surface area (Å²) in [4.78, 5) is 40.2. The van der Waals surface area contributed by atoms with Gasteiger partial charge in [-0.2, -0.15) is 0 Å². The molecular formula is C21H20FN3O3S. The van der Waals surface area contributed by atoms with Gasteiger partial charge in [0.15, 0.2) is 5.25 Å². The van der Waals surface area contributed by atoms with Gasteiger partial charge >= 0.3 is 0 Å². The normalized spacial score (nSPS) is 19.3. The second-order valence-electron chi connectivity index (χ2n) is 7.08. The molecule has 3 amide bonds. The second kappa shape index (κ2) is 8.24. The van der Waals surface area contributed by atoms with E-state index in [1.807, 2.05) is 24.3 Å². The number of carbonyl (C=O) groups excluding carboxylic acids is 3. The molecule has 0 radical (unpaired) electrons. The van der Waals surface area contributed by atoms with Crippen LogP contribution in [0.2, 0.25) is 0 Å². The number of likely N-dealkylation sites (tertiary alicyclic amines) is 1. The molecule has 0 aliphatic carbocycles. The smallest absolute Gasteiger partial charge is 0.247 e. The molecule has 0 spiro atoms. The molecule has 0 saturated carbocycles. The highest BCUT2D eigenvalue weighted by molar-refractivity contribution is 8.01. The van der Waals surface area contributed by atoms with Crippen LogP contribution in [-0.2, 0) is 14.4 Å². The van der Waals surface area contributed by atoms with Crippen LogP contribution >= 0.6 is 11.8 Å². The molecule has 1 unspecified atom stereocenters. The maximum Gasteiger partial charge on any atom is 0.247 e. The van der Waals surface area contributed by atoms with E-state index >= 15 is 0 Å². The summed E-state index contributed by atoms with van der Waals surface area (Å²) in [5.41, 5.74) is 1.27. The summed E-state index contributed by atoms with van der Waals surface area (Å²) in [5.74, 6) is -1.25. The summed E-state index contributed by atoms with van der Waals surface area (Å²) in [6.45, 7) is 0.846. The number of amides is 3. The van der Waals surface area contributed by atoms with Crippen LogP contribution in [0.3, 0.4) is 0 Å². The maximum absolute atomic E-state index is 13.0. The first kappa shape index (κ1) is 19.4. The van der Waals surface area contributed by atoms with Crippen molar-refractivity contribution in [1.82, 2.24) is 4.90 Å². The van der Waals surface area contributed by atoms with Crippen molar-refractivity contribution in [2.24, 2.45) is 5.92 Å². The van der Waals surface area contributed by atoms with Gasteiger partial charge in [0.25, 0.3) is 0 Å². The molecule has 2 aromatic carbocycles. The Morgan fingerprint density at radius 1 is 1.07 bits per heavy atom. The molecule has 8 heteroatoms. The van der Waals surface area contributed by atoms with Crippen molar-refractivity contribution in [3.63, 3.8) is 0 Å². The number of rotatable bonds is 3. The van der Waals surface area contributed by atoms with Crippen molar-refractivity contribution in [2.75, 3.05) is 23.7 Å². The second-order valence-corrected chi connectivity index (χ2v) is 8.23. The van der Waals surface area contributed by atoms with Gasteiger partial charge in [0, 0.05) is 29.6 Å². The third kappa shape index (κ3) is 4.27. The van der Waals surface area contributed by atoms with Crippen molar-refractivity contribution in [3.05, 3.63) is 54.3 Å². The fourth-order valence-corrected chi connectivity index (χ4v) is 4.59. The van der Waals surface area contributed by atoms with Crippen LogP contribution < -0.4 is 10.6 Å². The first-order valence-corrected chi connectivity index (χ1v) is 10.3. The van der Waals surface area contributed by atoms with Crippen LogP contribution in [0.15, 0.2) is 53.4 Å². The number of nitrogens with one attached hydrogen (secondary N) is 2. The zero-order valence-corrected chi connectivity index (χ0v) is 16.4. The first-order chi connectivity index (χ1) is 14.0. The van der Waals surface area contributed by atoms with E-state index in [1.165, 1.54) is 36.0 Å². The lowest BCUT2D eigenvalue weighted by molar-refractivity contribution is -0.136. The molecule has 6 nitrogen and oxygen atoms in total. The summed E-state index contributed by atoms with van der Waals surface area (Å²) in [5, 5.41) is 4.77. The van der Waals surface area contributed by atoms with Gasteiger partial charge in [-0.05, 0) is 49.2 Å². The third-order valence-electron chi connectivity index (χ3n) is 5.14. The number of halogens is 1. The number of carbonyl (C=O) groups is 3. The number of hydrogen-bond acceptors (Lipinski definition) is 4. The molecule has 2 aromatic rings. The summed E-state index contributed by atoms with van der Waals surface area (Å²) in [7, 11) is 0. The number of nitrogens with zero attached hydrogens (tertiary/aromatic N) is 1. The van der Waals surface area contributed by atoms with Crippen molar-refractivity contribution >= 4 is 40.9 Å². The fourth-order valence-electron chi connectivity index (χ4n) is 3.52. The molecule has 1 atom stereocenters. The Bertz CT molecular complexity index is 942. The number of benzene rings is 2. The largest absolute Gasteiger partial charge is 0.341 e. The Balaban J connectivity index is 1.33. The lowest BCUT2D eigenvalue weighted by atomic mass is 9.95. The van der Waals surface area contributed by atoms with Crippen molar-refractivity contribution in [2.45, 2.75) is 23.0 Å². The number of anilines is 2. The van der Waals surface area contributed by atoms with Crippen LogP contribution in [0.5, 0.6) is 0 Å². The Hall–Kier alpha value is -2.87. The molecule has 1 saturated heterocycles. The molecule has 2 N–H and O–H groups in total. The molecule has 2 heterocycles. The number of thioether (sulfide) groups is 1. The number of hydrogen-bond donors (Lipinski definition) is 2. The lowest BCUT2D eigenvalue weighted by Gasteiger charge is -2.34. The molecule has 0 bridgehead atoms. The van der Waals surface area contributed by atoms with Crippen LogP contribution in [-0.4, -0.2) is 41.0 Å². The Morgan fingerprint density at radius 2 is 1.76 bits per heavy atom. The van der Waals surface area contributed by atoms with E-state index in [4.69, 9.17) is 0 Å². The van der Waals surface area contributed by atoms with Gasteiger partial charge in [0.1, 0.15) is 5.82 Å². The lowest BCUT2D eigenvalue weighted by Crippen LogP contribution is -2.48. The van der Waals surface area contributed by atoms with E-state index in [9.17, 15) is 18.8 Å². The van der Waals surface area contributed by atoms with Crippen LogP contribution in [0.1, 0.15) is 12.8 Å². The first-order valence-electron chi connectivity index (χ1n) is 9.43. The Kier molecular flexibility index (Phi) is 5.53. The van der Waals surface area contributed by atoms with Gasteiger partial charge in [-0.1, -0.05) is 12.1 Å². The predicted octanol–water partition coefficient (Wildman–Crippen LogP) is 3.12. The van der Waals surface area contributed by atoms with Gasteiger partial charge in [0.2, 0.25) is 17.7 Å². The minimum Gasteiger partial charge on any atom is -0.341 e. The maximum atomic E-state index is 13.0. The molecular weight excluding hydrogens is 393 g/mol. The molecule has 2 aliphatic heterocycles. The van der Waals surface area contributed by atoms with E-state index in [0.717, 1.165) is 10.6 Å². The SMILES string of the molecule is O=C(Nc1ccc(F)cc1)C1CCN(C(=O)C2Sc3ccccc3NC2=O)CC1. The summed E-state index contributed by atoms with van der Waals surface area (Å²) < 4.78 is 13.0. The Morgan fingerprint density at radius 3 is 2.48 bits per heavy atom. The van der Waals surface area contributed by atoms with Crippen LogP contribution in [0, 0.1) is 11.7 Å². The highest BCUT2D eigenvalue weighted by atomic mass is 32.2. The van der Waals surface area contributed by atoms with E-state index < -0.39 is 5.25 Å². The summed E-state index contributed by atoms with van der Waals surface area (Å²) >= 11 is 1.26. The average Bonchev–Trinajstić information content (AvgIpc) is 2.74. The van der Waals surface area contributed by atoms with E-state index in [1.54, 1.807) is 4.90 Å². The quantitative estimate of drug-likeness (QED) is 0.758. The standard InChI is InChI=1S/C21H20FN3O3S/c22-14-5-7-15(8-6-14)23-19(26)13-9-11-25(12-10-13)21(28)18-20(27)24-16-3-1-2-4-17(16)29-18/h1-8,13,18H,9-12H2,(H,23,26)(H,24,27). The molecule has 150 valence electrons. The van der Waals surface area contributed by atoms with Crippen molar-refractivity contribution in [3.8, 4) is 0 Å². The zero-order valence-electron chi connectivity index (χ0n) is 15.6. The van der Waals surface area contributed by atoms with Gasteiger partial charge in [-0.15, -0.1) is 11.8 Å². The fraction of sp³-hybridized carbons (Fsp3) is 0.286. The average molecular weight is 413 g/mol. The molecule has 1 fully saturated rings. The predicted molar refractivity (Wildman–Crippen MR) is 109 cm³/mol. The van der Waals surface area contributed by atoms with E-state index in [-0.39, 0.29) is 29.5 Å². The van der Waals surface area contributed by atoms with Gasteiger partial charge < -0.3 is 15.5 Å². The highest BCUT2D eigenvalue weighted by Gasteiger charge is 2.37. The van der Waals surface area contributed by atoms with Crippen molar-refractivity contribution in [1.29, 1.82) is 0 Å². The monoisotopic (exact) mass is 413 g/mol. The molecule has 0 aromatic heterocycles. The molecule has 4 rings (SSSR count). The van der Waals surface area contributed by atoms with Crippen molar-refractivity contribution < 1.29 is 18.8 Å². The summed E-state index contributed by atoms with van der Waals surface area (Å²) in [6, 6.07) is 13.0. The van der Waals surface area contributed by atoms with Gasteiger partial charge in [-0.25, -0.2) is 4.39 Å². The molecule has 2 aliphatic rings. The van der Waals surface area contributed by atoms with E-state index in [2.05, 4.69) is 10.6 Å². The van der Waals surface area contributed by atoms with Gasteiger partial charge in [0.05, 0.1) is 5.69 Å². The third-order valence-corrected chi connectivity index (χ3v) is 6.40. The van der Waals surface area contributed by atoms with Crippen LogP contribution in [0.4, 0.5) is 15.8 Å². The Labute approximate surface area is 171 Å². The van der Waals surface area contributed by atoms with E-state index in [0.29, 0.717) is 31.6 Å². The zero-order chi connectivity index (χ0) is 20.4. The highest BCUT2D eigenvalue weighted by Crippen LogP contribution is 2.36. The van der Waals surface area contributed by atoms with Gasteiger partial charge in [-0.3, -0.25) is 14.4 Å². The topological polar surface area (TPSA) is 78.5 Å². The number of piperidine rings is 1. The summed E-state index contributed by atoms with van der Waals surface area (Å²) in [6.07, 6.45) is 1.04. The van der Waals surface area contributed by atoms with Crippen LogP contribution in [0.25, 0.3) is 0 Å².